The second-order valence-corrected chi connectivity index (χ2v) is 4.38. The molecule has 1 atom stereocenters. The van der Waals surface area contributed by atoms with Crippen LogP contribution in [-0.4, -0.2) is 30.0 Å². The summed E-state index contributed by atoms with van der Waals surface area (Å²) in [5.41, 5.74) is 0.779. The average molecular weight is 253 g/mol. The third-order valence-corrected chi connectivity index (χ3v) is 2.82. The molecule has 0 aliphatic rings. The van der Waals surface area contributed by atoms with Crippen LogP contribution in [0.15, 0.2) is 18.2 Å². The molecule has 4 heteroatoms. The van der Waals surface area contributed by atoms with Crippen molar-refractivity contribution < 1.29 is 14.9 Å². The first kappa shape index (κ1) is 14.8. The number of nitrogens with one attached hydrogen (secondary N) is 1. The number of hydrogen-bond donors (Lipinski definition) is 3. The lowest BCUT2D eigenvalue weighted by Gasteiger charge is -2.15. The number of rotatable bonds is 8. The fourth-order valence-electron chi connectivity index (χ4n) is 1.70. The maximum absolute atomic E-state index is 9.70. The zero-order valence-electron chi connectivity index (χ0n) is 11.1. The maximum atomic E-state index is 9.70. The summed E-state index contributed by atoms with van der Waals surface area (Å²) < 4.78 is 5.44. The molecular formula is C14H23NO3. The molecule has 0 amide bonds. The second kappa shape index (κ2) is 7.95. The molecule has 0 bridgehead atoms. The first-order valence-electron chi connectivity index (χ1n) is 6.48. The van der Waals surface area contributed by atoms with Crippen LogP contribution in [0, 0.1) is 0 Å². The van der Waals surface area contributed by atoms with E-state index in [0.29, 0.717) is 6.61 Å². The Hall–Kier alpha value is -1.26. The van der Waals surface area contributed by atoms with Gasteiger partial charge in [-0.25, -0.2) is 0 Å². The Morgan fingerprint density at radius 2 is 2.06 bits per heavy atom. The van der Waals surface area contributed by atoms with Gasteiger partial charge in [0.25, 0.3) is 0 Å². The van der Waals surface area contributed by atoms with E-state index >= 15 is 0 Å². The number of hydrogen-bond acceptors (Lipinski definition) is 4. The van der Waals surface area contributed by atoms with Crippen molar-refractivity contribution in [3.63, 3.8) is 0 Å². The lowest BCUT2D eigenvalue weighted by atomic mass is 10.1. The van der Waals surface area contributed by atoms with Crippen LogP contribution in [0.1, 0.15) is 38.3 Å². The molecule has 0 fully saturated rings. The van der Waals surface area contributed by atoms with Crippen LogP contribution in [0.3, 0.4) is 0 Å². The van der Waals surface area contributed by atoms with Crippen LogP contribution < -0.4 is 5.32 Å². The lowest BCUT2D eigenvalue weighted by Crippen LogP contribution is -2.23. The third-order valence-electron chi connectivity index (χ3n) is 2.82. The first-order chi connectivity index (χ1) is 8.65. The van der Waals surface area contributed by atoms with Gasteiger partial charge in [-0.2, -0.15) is 0 Å². The van der Waals surface area contributed by atoms with Crippen LogP contribution in [0.25, 0.3) is 0 Å². The summed E-state index contributed by atoms with van der Waals surface area (Å²) in [4.78, 5) is 0. The van der Waals surface area contributed by atoms with Crippen molar-refractivity contribution in [2.45, 2.75) is 32.7 Å². The number of unbranched alkanes of at least 4 members (excludes halogenated alkanes) is 1. The van der Waals surface area contributed by atoms with Crippen molar-refractivity contribution in [1.82, 2.24) is 5.32 Å². The van der Waals surface area contributed by atoms with Gasteiger partial charge in [0.05, 0.1) is 6.61 Å². The highest BCUT2D eigenvalue weighted by atomic mass is 16.5. The van der Waals surface area contributed by atoms with Crippen LogP contribution >= 0.6 is 0 Å². The fourth-order valence-corrected chi connectivity index (χ4v) is 1.70. The highest BCUT2D eigenvalue weighted by molar-refractivity contribution is 5.40. The van der Waals surface area contributed by atoms with E-state index < -0.39 is 0 Å². The van der Waals surface area contributed by atoms with Gasteiger partial charge in [0.2, 0.25) is 0 Å². The predicted octanol–water partition coefficient (Wildman–Crippen LogP) is 2.57. The Morgan fingerprint density at radius 1 is 1.28 bits per heavy atom. The number of ether oxygens (including phenoxy) is 1. The third kappa shape index (κ3) is 4.94. The molecule has 0 saturated carbocycles. The van der Waals surface area contributed by atoms with Crippen molar-refractivity contribution in [1.29, 1.82) is 0 Å². The summed E-state index contributed by atoms with van der Waals surface area (Å²) in [6, 6.07) is 4.68. The molecule has 0 heterocycles. The topological polar surface area (TPSA) is 61.7 Å². The second-order valence-electron chi connectivity index (χ2n) is 4.38. The lowest BCUT2D eigenvalue weighted by molar-refractivity contribution is 0.131. The van der Waals surface area contributed by atoms with Gasteiger partial charge in [-0.3, -0.25) is 0 Å². The molecule has 0 aromatic heterocycles. The Bertz CT molecular complexity index is 355. The number of phenols is 2. The molecule has 0 aliphatic heterocycles. The quantitative estimate of drug-likeness (QED) is 0.623. The number of benzene rings is 1. The van der Waals surface area contributed by atoms with E-state index in [1.807, 2.05) is 6.92 Å². The molecule has 0 spiro atoms. The van der Waals surface area contributed by atoms with Gasteiger partial charge in [0.15, 0.2) is 0 Å². The molecule has 0 aliphatic carbocycles. The molecular weight excluding hydrogens is 230 g/mol. The van der Waals surface area contributed by atoms with Crippen molar-refractivity contribution >= 4 is 0 Å². The molecule has 4 nitrogen and oxygen atoms in total. The SMILES string of the molecule is CCCCOCCNC(C)c1ccc(O)cc1O. The molecule has 0 radical (unpaired) electrons. The van der Waals surface area contributed by atoms with Gasteiger partial charge in [-0.05, 0) is 19.4 Å². The summed E-state index contributed by atoms with van der Waals surface area (Å²) in [7, 11) is 0. The van der Waals surface area contributed by atoms with Gasteiger partial charge < -0.3 is 20.3 Å². The van der Waals surface area contributed by atoms with Gasteiger partial charge >= 0.3 is 0 Å². The van der Waals surface area contributed by atoms with E-state index in [0.717, 1.165) is 31.6 Å². The van der Waals surface area contributed by atoms with E-state index in [2.05, 4.69) is 12.2 Å². The Kier molecular flexibility index (Phi) is 6.54. The largest absolute Gasteiger partial charge is 0.508 e. The minimum Gasteiger partial charge on any atom is -0.508 e. The summed E-state index contributed by atoms with van der Waals surface area (Å²) in [6.45, 7) is 6.32. The standard InChI is InChI=1S/C14H23NO3/c1-3-4-8-18-9-7-15-11(2)13-6-5-12(16)10-14(13)17/h5-6,10-11,15-17H,3-4,7-9H2,1-2H3. The van der Waals surface area contributed by atoms with Crippen molar-refractivity contribution in [3.8, 4) is 11.5 Å². The van der Waals surface area contributed by atoms with E-state index in [1.165, 1.54) is 6.07 Å². The zero-order chi connectivity index (χ0) is 13.4. The zero-order valence-corrected chi connectivity index (χ0v) is 11.1. The molecule has 18 heavy (non-hydrogen) atoms. The van der Waals surface area contributed by atoms with Crippen LogP contribution in [0.4, 0.5) is 0 Å². The van der Waals surface area contributed by atoms with Crippen molar-refractivity contribution in [2.24, 2.45) is 0 Å². The van der Waals surface area contributed by atoms with E-state index in [-0.39, 0.29) is 17.5 Å². The van der Waals surface area contributed by atoms with Crippen molar-refractivity contribution in [3.05, 3.63) is 23.8 Å². The van der Waals surface area contributed by atoms with Crippen molar-refractivity contribution in [2.75, 3.05) is 19.8 Å². The fraction of sp³-hybridized carbons (Fsp3) is 0.571. The minimum atomic E-state index is 0.0281. The minimum absolute atomic E-state index is 0.0281. The number of aromatic hydroxyl groups is 2. The molecule has 0 saturated heterocycles. The van der Waals surface area contributed by atoms with Gasteiger partial charge in [0.1, 0.15) is 11.5 Å². The highest BCUT2D eigenvalue weighted by Crippen LogP contribution is 2.27. The van der Waals surface area contributed by atoms with Gasteiger partial charge in [0, 0.05) is 30.8 Å². The van der Waals surface area contributed by atoms with E-state index in [4.69, 9.17) is 4.74 Å². The molecule has 1 unspecified atom stereocenters. The smallest absolute Gasteiger partial charge is 0.124 e. The van der Waals surface area contributed by atoms with Gasteiger partial charge in [-0.15, -0.1) is 0 Å². The molecule has 1 aromatic carbocycles. The van der Waals surface area contributed by atoms with Crippen LogP contribution in [0.5, 0.6) is 11.5 Å². The monoisotopic (exact) mass is 253 g/mol. The molecule has 1 aromatic rings. The predicted molar refractivity (Wildman–Crippen MR) is 71.9 cm³/mol. The van der Waals surface area contributed by atoms with Crippen LogP contribution in [0.2, 0.25) is 0 Å². The maximum Gasteiger partial charge on any atom is 0.124 e. The normalized spacial score (nSPS) is 12.6. The summed E-state index contributed by atoms with van der Waals surface area (Å²) in [5.74, 6) is 0.188. The van der Waals surface area contributed by atoms with E-state index in [9.17, 15) is 10.2 Å². The highest BCUT2D eigenvalue weighted by Gasteiger charge is 2.09. The summed E-state index contributed by atoms with van der Waals surface area (Å²) >= 11 is 0. The average Bonchev–Trinajstić information content (AvgIpc) is 2.33. The first-order valence-corrected chi connectivity index (χ1v) is 6.48. The Morgan fingerprint density at radius 3 is 2.72 bits per heavy atom. The van der Waals surface area contributed by atoms with E-state index in [1.54, 1.807) is 12.1 Å². The Balaban J connectivity index is 2.29. The molecule has 102 valence electrons. The molecule has 3 N–H and O–H groups in total. The molecule has 1 rings (SSSR count). The summed E-state index contributed by atoms with van der Waals surface area (Å²) in [5, 5.41) is 22.2. The summed E-state index contributed by atoms with van der Waals surface area (Å²) in [6.07, 6.45) is 2.24. The van der Waals surface area contributed by atoms with Gasteiger partial charge in [-0.1, -0.05) is 19.4 Å². The Labute approximate surface area is 109 Å². The van der Waals surface area contributed by atoms with Crippen LogP contribution in [-0.2, 0) is 4.74 Å². The number of phenolic OH excluding ortho intramolecular Hbond substituents is 2.